The molecule has 156 valence electrons. The molecule has 5 atom stereocenters. The van der Waals surface area contributed by atoms with Crippen LogP contribution in [0.2, 0.25) is 0 Å². The smallest absolute Gasteiger partial charge is 0.126 e. The molecule has 0 bridgehead atoms. The summed E-state index contributed by atoms with van der Waals surface area (Å²) in [4.78, 5) is 0. The summed E-state index contributed by atoms with van der Waals surface area (Å²) in [6.07, 6.45) is 18.7. The van der Waals surface area contributed by atoms with Crippen LogP contribution in [0.25, 0.3) is 0 Å². The first-order chi connectivity index (χ1) is 13.6. The summed E-state index contributed by atoms with van der Waals surface area (Å²) in [5.41, 5.74) is 3.80. The quantitative estimate of drug-likeness (QED) is 0.433. The first-order valence-corrected chi connectivity index (χ1v) is 12.4. The molecule has 28 heavy (non-hydrogen) atoms. The zero-order chi connectivity index (χ0) is 19.5. The van der Waals surface area contributed by atoms with Crippen LogP contribution in [-0.4, -0.2) is 0 Å². The van der Waals surface area contributed by atoms with Crippen molar-refractivity contribution in [3.05, 3.63) is 34.6 Å². The fraction of sp³-hybridized carbons (Fsp3) is 0.778. The van der Waals surface area contributed by atoms with Crippen molar-refractivity contribution in [3.8, 4) is 0 Å². The summed E-state index contributed by atoms with van der Waals surface area (Å²) in [7, 11) is 0. The fourth-order valence-corrected chi connectivity index (χ4v) is 6.68. The highest BCUT2D eigenvalue weighted by atomic mass is 19.1. The molecule has 3 aliphatic carbocycles. The van der Waals surface area contributed by atoms with Crippen LogP contribution in [0.1, 0.15) is 114 Å². The standard InChI is InChI=1S/C27H41F/c1-3-4-5-6-7-20-9-11-22-16-24(13-12-21(22)15-20)26-17-23-10-8-19(2)14-25(23)18-27(26)28/h17-22,24H,3-16H2,1-2H3. The van der Waals surface area contributed by atoms with E-state index in [2.05, 4.69) is 19.9 Å². The Morgan fingerprint density at radius 3 is 2.57 bits per heavy atom. The van der Waals surface area contributed by atoms with Gasteiger partial charge in [-0.3, -0.25) is 0 Å². The highest BCUT2D eigenvalue weighted by Gasteiger charge is 2.36. The number of rotatable bonds is 6. The lowest BCUT2D eigenvalue weighted by molar-refractivity contribution is 0.112. The molecule has 0 nitrogen and oxygen atoms in total. The predicted octanol–water partition coefficient (Wildman–Crippen LogP) is 8.22. The minimum absolute atomic E-state index is 0.0981. The number of hydrogen-bond acceptors (Lipinski definition) is 0. The van der Waals surface area contributed by atoms with Crippen molar-refractivity contribution in [1.82, 2.24) is 0 Å². The van der Waals surface area contributed by atoms with Gasteiger partial charge >= 0.3 is 0 Å². The van der Waals surface area contributed by atoms with Crippen molar-refractivity contribution in [2.24, 2.45) is 23.7 Å². The van der Waals surface area contributed by atoms with Gasteiger partial charge in [0.2, 0.25) is 0 Å². The first kappa shape index (κ1) is 20.4. The maximum Gasteiger partial charge on any atom is 0.126 e. The highest BCUT2D eigenvalue weighted by Crippen LogP contribution is 2.49. The summed E-state index contributed by atoms with van der Waals surface area (Å²) in [5.74, 6) is 4.07. The molecule has 2 fully saturated rings. The predicted molar refractivity (Wildman–Crippen MR) is 117 cm³/mol. The van der Waals surface area contributed by atoms with Gasteiger partial charge in [0, 0.05) is 0 Å². The monoisotopic (exact) mass is 384 g/mol. The summed E-state index contributed by atoms with van der Waals surface area (Å²) in [6.45, 7) is 4.60. The second-order valence-corrected chi connectivity index (χ2v) is 10.5. The van der Waals surface area contributed by atoms with E-state index in [0.717, 1.165) is 36.2 Å². The molecule has 0 saturated heterocycles. The SMILES string of the molecule is CCCCCCC1CCC2CC(c3cc4c(cc3F)CC(C)CC4)CCC2C1. The summed E-state index contributed by atoms with van der Waals surface area (Å²) >= 11 is 0. The average molecular weight is 385 g/mol. The van der Waals surface area contributed by atoms with Crippen LogP contribution in [-0.2, 0) is 12.8 Å². The minimum Gasteiger partial charge on any atom is -0.207 e. The molecular weight excluding hydrogens is 343 g/mol. The fourth-order valence-electron chi connectivity index (χ4n) is 6.68. The van der Waals surface area contributed by atoms with Crippen molar-refractivity contribution in [2.45, 2.75) is 110 Å². The van der Waals surface area contributed by atoms with Crippen LogP contribution in [0, 0.1) is 29.5 Å². The van der Waals surface area contributed by atoms with Crippen LogP contribution < -0.4 is 0 Å². The van der Waals surface area contributed by atoms with Gasteiger partial charge in [-0.25, -0.2) is 4.39 Å². The molecule has 1 heteroatoms. The number of aryl methyl sites for hydroxylation is 1. The Hall–Kier alpha value is -0.850. The molecule has 0 aromatic heterocycles. The highest BCUT2D eigenvalue weighted by molar-refractivity contribution is 5.37. The third-order valence-electron chi connectivity index (χ3n) is 8.42. The maximum absolute atomic E-state index is 15.0. The van der Waals surface area contributed by atoms with E-state index >= 15 is 0 Å². The molecule has 1 aromatic rings. The molecule has 4 rings (SSSR count). The molecule has 3 aliphatic rings. The Morgan fingerprint density at radius 1 is 0.893 bits per heavy atom. The molecule has 0 aliphatic heterocycles. The van der Waals surface area contributed by atoms with Gasteiger partial charge in [-0.15, -0.1) is 0 Å². The van der Waals surface area contributed by atoms with E-state index in [0.29, 0.717) is 11.8 Å². The number of benzene rings is 1. The van der Waals surface area contributed by atoms with Crippen molar-refractivity contribution in [3.63, 3.8) is 0 Å². The Bertz CT molecular complexity index is 648. The Kier molecular flexibility index (Phi) is 6.79. The van der Waals surface area contributed by atoms with Crippen molar-refractivity contribution in [1.29, 1.82) is 0 Å². The molecule has 0 N–H and O–H groups in total. The molecule has 0 heterocycles. The van der Waals surface area contributed by atoms with Gasteiger partial charge in [-0.05, 0) is 104 Å². The van der Waals surface area contributed by atoms with Crippen LogP contribution in [0.3, 0.4) is 0 Å². The van der Waals surface area contributed by atoms with Crippen LogP contribution in [0.5, 0.6) is 0 Å². The topological polar surface area (TPSA) is 0 Å². The van der Waals surface area contributed by atoms with Crippen molar-refractivity contribution in [2.75, 3.05) is 0 Å². The van der Waals surface area contributed by atoms with E-state index in [4.69, 9.17) is 0 Å². The van der Waals surface area contributed by atoms with Gasteiger partial charge in [0.1, 0.15) is 5.82 Å². The molecular formula is C27H41F. The number of unbranched alkanes of at least 4 members (excludes halogenated alkanes) is 3. The molecule has 0 radical (unpaired) electrons. The van der Waals surface area contributed by atoms with Gasteiger partial charge < -0.3 is 0 Å². The van der Waals surface area contributed by atoms with E-state index in [1.165, 1.54) is 88.2 Å². The number of halogens is 1. The Labute approximate surface area is 172 Å². The van der Waals surface area contributed by atoms with Gasteiger partial charge in [0.25, 0.3) is 0 Å². The van der Waals surface area contributed by atoms with Crippen LogP contribution >= 0.6 is 0 Å². The second-order valence-electron chi connectivity index (χ2n) is 10.5. The third-order valence-corrected chi connectivity index (χ3v) is 8.42. The molecule has 2 saturated carbocycles. The molecule has 1 aromatic carbocycles. The number of hydrogen-bond donors (Lipinski definition) is 0. The lowest BCUT2D eigenvalue weighted by atomic mass is 9.63. The van der Waals surface area contributed by atoms with E-state index in [1.807, 2.05) is 6.07 Å². The first-order valence-electron chi connectivity index (χ1n) is 12.4. The summed E-state index contributed by atoms with van der Waals surface area (Å²) in [5, 5.41) is 0. The van der Waals surface area contributed by atoms with Crippen molar-refractivity contribution < 1.29 is 4.39 Å². The number of fused-ring (bicyclic) bond motifs is 2. The zero-order valence-electron chi connectivity index (χ0n) is 18.3. The van der Waals surface area contributed by atoms with E-state index in [-0.39, 0.29) is 5.82 Å². The van der Waals surface area contributed by atoms with Gasteiger partial charge in [0.15, 0.2) is 0 Å². The Morgan fingerprint density at radius 2 is 1.71 bits per heavy atom. The van der Waals surface area contributed by atoms with Gasteiger partial charge in [-0.2, -0.15) is 0 Å². The summed E-state index contributed by atoms with van der Waals surface area (Å²) in [6, 6.07) is 4.18. The minimum atomic E-state index is 0.0981. The van der Waals surface area contributed by atoms with E-state index in [1.54, 1.807) is 0 Å². The van der Waals surface area contributed by atoms with Crippen molar-refractivity contribution >= 4 is 0 Å². The molecule has 0 amide bonds. The average Bonchev–Trinajstić information content (AvgIpc) is 2.70. The molecule has 0 spiro atoms. The normalized spacial score (nSPS) is 32.6. The van der Waals surface area contributed by atoms with Gasteiger partial charge in [0.05, 0.1) is 0 Å². The van der Waals surface area contributed by atoms with Crippen LogP contribution in [0.4, 0.5) is 4.39 Å². The molecule has 5 unspecified atom stereocenters. The largest absolute Gasteiger partial charge is 0.207 e. The lowest BCUT2D eigenvalue weighted by Crippen LogP contribution is -2.30. The van der Waals surface area contributed by atoms with E-state index in [9.17, 15) is 4.39 Å². The van der Waals surface area contributed by atoms with Gasteiger partial charge in [-0.1, -0.05) is 58.4 Å². The zero-order valence-corrected chi connectivity index (χ0v) is 18.3. The maximum atomic E-state index is 15.0. The second kappa shape index (κ2) is 9.31. The third kappa shape index (κ3) is 4.65. The van der Waals surface area contributed by atoms with E-state index < -0.39 is 0 Å². The Balaban J connectivity index is 1.35. The summed E-state index contributed by atoms with van der Waals surface area (Å²) < 4.78 is 15.0. The lowest BCUT2D eigenvalue weighted by Gasteiger charge is -2.42. The van der Waals surface area contributed by atoms with Crippen LogP contribution in [0.15, 0.2) is 12.1 Å².